The number of pyridine rings is 1. The van der Waals surface area contributed by atoms with E-state index in [-0.39, 0.29) is 56.9 Å². The third-order valence-electron chi connectivity index (χ3n) is 15.2. The first kappa shape index (κ1) is 58.1. The summed E-state index contributed by atoms with van der Waals surface area (Å²) in [6.45, 7) is 19.5. The lowest BCUT2D eigenvalue weighted by molar-refractivity contribution is -0.150. The number of likely N-dealkylation sites (N-methyl/N-ethyl adjacent to an activating group) is 2. The average molecular weight is 1060 g/mol. The highest BCUT2D eigenvalue weighted by molar-refractivity contribution is 5.99. The Bertz CT molecular complexity index is 3050. The van der Waals surface area contributed by atoms with Crippen LogP contribution in [-0.4, -0.2) is 129 Å². The Morgan fingerprint density at radius 3 is 1.96 bits per heavy atom. The Balaban J connectivity index is 1.38. The molecule has 2 aliphatic heterocycles. The van der Waals surface area contributed by atoms with Crippen LogP contribution < -0.4 is 21.3 Å². The van der Waals surface area contributed by atoms with Crippen LogP contribution in [0.1, 0.15) is 96.5 Å². The number of aromatic nitrogens is 2. The van der Waals surface area contributed by atoms with Gasteiger partial charge in [0.05, 0.1) is 5.54 Å². The zero-order chi connectivity index (χ0) is 56.6. The number of allylic oxidation sites excluding steroid dienone is 1. The largest absolute Gasteiger partial charge is 0.343 e. The van der Waals surface area contributed by atoms with Crippen LogP contribution in [0.3, 0.4) is 0 Å². The normalized spacial score (nSPS) is 23.4. The van der Waals surface area contributed by atoms with E-state index >= 15 is 24.0 Å². The van der Waals surface area contributed by atoms with Crippen LogP contribution in [0, 0.1) is 18.8 Å². The van der Waals surface area contributed by atoms with Crippen molar-refractivity contribution in [2.75, 3.05) is 20.6 Å². The standard InChI is InChI=1S/C62H79N9O7/c1-12-62(8,9)71-37-46(47-23-18-19-24-51(47)71)35-50-60(77)69(11)53(29-38(2)3)57(74)65-49(34-43-26-27-44-36-63-40(6)31-45(44)32-43)55(72)64-41(7)59(76)68(10)52-25-17-14-20-28-70(61(52)78)54(30-39(4)5)58(75)66-48(56(73)67-50)33-42-21-15-13-16-22-42/h12-19,21-24,26-27,31-32,36-39,41,48-50,52-54H,1,20,25,28-30,33-35H2,2-11H3,(H,64,72)(H,65,74)(H,66,75)(H,67,73)/b17-14-/t41-,48-,49-,50-,52?,53-,54-/m0/s1. The van der Waals surface area contributed by atoms with Gasteiger partial charge in [0.25, 0.3) is 0 Å². The number of hydrogen-bond donors (Lipinski definition) is 4. The van der Waals surface area contributed by atoms with E-state index < -0.39 is 89.2 Å². The molecular weight excluding hydrogens is 983 g/mol. The summed E-state index contributed by atoms with van der Waals surface area (Å²) in [6, 6.07) is 16.5. The number of nitrogens with one attached hydrogen (secondary N) is 4. The predicted octanol–water partition coefficient (Wildman–Crippen LogP) is 6.71. The van der Waals surface area contributed by atoms with Gasteiger partial charge in [-0.25, -0.2) is 0 Å². The summed E-state index contributed by atoms with van der Waals surface area (Å²) in [5.41, 5.74) is 3.34. The molecule has 414 valence electrons. The molecule has 16 nitrogen and oxygen atoms in total. The summed E-state index contributed by atoms with van der Waals surface area (Å²) in [6.07, 6.45) is 10.4. The van der Waals surface area contributed by atoms with Gasteiger partial charge in [-0.1, -0.05) is 113 Å². The van der Waals surface area contributed by atoms with E-state index in [1.165, 1.54) is 35.7 Å². The number of rotatable bonds is 12. The van der Waals surface area contributed by atoms with E-state index in [4.69, 9.17) is 0 Å². The molecule has 2 aromatic heterocycles. The van der Waals surface area contributed by atoms with Crippen molar-refractivity contribution in [3.63, 3.8) is 0 Å². The summed E-state index contributed by atoms with van der Waals surface area (Å²) in [4.78, 5) is 114. The lowest BCUT2D eigenvalue weighted by Gasteiger charge is -2.38. The van der Waals surface area contributed by atoms with Gasteiger partial charge in [0.2, 0.25) is 41.4 Å². The molecule has 4 heterocycles. The molecule has 16 heteroatoms. The van der Waals surface area contributed by atoms with E-state index in [0.29, 0.717) is 6.42 Å². The molecule has 2 aliphatic rings. The molecule has 7 rings (SSSR count). The van der Waals surface area contributed by atoms with Gasteiger partial charge in [0.1, 0.15) is 42.3 Å². The molecular formula is C62H79N9O7. The summed E-state index contributed by atoms with van der Waals surface area (Å²) in [5, 5.41) is 14.6. The van der Waals surface area contributed by atoms with Crippen LogP contribution in [0.15, 0.2) is 116 Å². The zero-order valence-corrected chi connectivity index (χ0v) is 47.0. The van der Waals surface area contributed by atoms with Crippen LogP contribution in [0.25, 0.3) is 21.7 Å². The minimum absolute atomic E-state index is 0.00768. The van der Waals surface area contributed by atoms with Gasteiger partial charge in [-0.05, 0) is 99.4 Å². The molecule has 0 spiro atoms. The maximum absolute atomic E-state index is 15.6. The molecule has 2 bridgehead atoms. The molecule has 0 aliphatic carbocycles. The van der Waals surface area contributed by atoms with Crippen LogP contribution in [0.5, 0.6) is 0 Å². The van der Waals surface area contributed by atoms with Crippen molar-refractivity contribution in [1.82, 2.24) is 45.5 Å². The third kappa shape index (κ3) is 13.7. The molecule has 7 atom stereocenters. The molecule has 3 aromatic carbocycles. The molecule has 0 radical (unpaired) electrons. The van der Waals surface area contributed by atoms with Gasteiger partial charge in [0.15, 0.2) is 0 Å². The minimum Gasteiger partial charge on any atom is -0.343 e. The van der Waals surface area contributed by atoms with Gasteiger partial charge >= 0.3 is 0 Å². The Labute approximate surface area is 459 Å². The van der Waals surface area contributed by atoms with Crippen LogP contribution in [0.4, 0.5) is 0 Å². The fourth-order valence-electron chi connectivity index (χ4n) is 10.7. The summed E-state index contributed by atoms with van der Waals surface area (Å²) in [7, 11) is 3.04. The zero-order valence-electron chi connectivity index (χ0n) is 47.0. The topological polar surface area (TPSA) is 195 Å². The van der Waals surface area contributed by atoms with E-state index in [1.54, 1.807) is 6.20 Å². The maximum atomic E-state index is 15.6. The van der Waals surface area contributed by atoms with Gasteiger partial charge < -0.3 is 40.5 Å². The van der Waals surface area contributed by atoms with Crippen molar-refractivity contribution in [2.45, 2.75) is 148 Å². The Morgan fingerprint density at radius 2 is 1.28 bits per heavy atom. The minimum atomic E-state index is -1.28. The van der Waals surface area contributed by atoms with Crippen LogP contribution in [0.2, 0.25) is 0 Å². The molecule has 5 aromatic rings. The van der Waals surface area contributed by atoms with Crippen molar-refractivity contribution < 1.29 is 33.6 Å². The number of hydrogen-bond acceptors (Lipinski definition) is 8. The quantitative estimate of drug-likeness (QED) is 0.0990. The monoisotopic (exact) mass is 1060 g/mol. The highest BCUT2D eigenvalue weighted by atomic mass is 16.2. The molecule has 1 unspecified atom stereocenters. The fourth-order valence-corrected chi connectivity index (χ4v) is 10.7. The molecule has 4 N–H and O–H groups in total. The first-order valence-electron chi connectivity index (χ1n) is 27.4. The number of amides is 7. The molecule has 7 amide bonds. The van der Waals surface area contributed by atoms with Crippen molar-refractivity contribution in [2.24, 2.45) is 11.8 Å². The second kappa shape index (κ2) is 25.2. The van der Waals surface area contributed by atoms with Crippen molar-refractivity contribution >= 4 is 63.0 Å². The summed E-state index contributed by atoms with van der Waals surface area (Å²) < 4.78 is 2.08. The third-order valence-corrected chi connectivity index (χ3v) is 15.2. The summed E-state index contributed by atoms with van der Waals surface area (Å²) >= 11 is 0. The van der Waals surface area contributed by atoms with E-state index in [2.05, 4.69) is 37.4 Å². The molecule has 0 saturated carbocycles. The second-order valence-electron chi connectivity index (χ2n) is 22.7. The molecule has 78 heavy (non-hydrogen) atoms. The highest BCUT2D eigenvalue weighted by Crippen LogP contribution is 2.30. The number of benzene rings is 3. The van der Waals surface area contributed by atoms with Crippen LogP contribution >= 0.6 is 0 Å². The van der Waals surface area contributed by atoms with E-state index in [1.807, 2.05) is 152 Å². The number of para-hydroxylation sites is 1. The first-order chi connectivity index (χ1) is 37.1. The van der Waals surface area contributed by atoms with Gasteiger partial charge in [-0.3, -0.25) is 38.5 Å². The van der Waals surface area contributed by atoms with Crippen molar-refractivity contribution in [1.29, 1.82) is 0 Å². The van der Waals surface area contributed by atoms with Gasteiger partial charge in [0, 0.05) is 74.3 Å². The molecule has 1 fully saturated rings. The molecule has 1 saturated heterocycles. The first-order valence-corrected chi connectivity index (χ1v) is 27.4. The lowest BCUT2D eigenvalue weighted by Crippen LogP contribution is -2.61. The highest BCUT2D eigenvalue weighted by Gasteiger charge is 2.41. The van der Waals surface area contributed by atoms with E-state index in [9.17, 15) is 9.59 Å². The summed E-state index contributed by atoms with van der Waals surface area (Å²) in [5.74, 6) is -4.29. The number of aryl methyl sites for hydroxylation is 1. The van der Waals surface area contributed by atoms with Gasteiger partial charge in [-0.15, -0.1) is 6.58 Å². The lowest BCUT2D eigenvalue weighted by atomic mass is 9.97. The van der Waals surface area contributed by atoms with Crippen molar-refractivity contribution in [3.8, 4) is 0 Å². The SMILES string of the molecule is C=CC(C)(C)n1cc(C[C@@H]2NC(=O)[C@H](Cc3ccccc3)NC(=O)[C@H](CC(C)C)N3CC/C=C\CC(C3=O)N(C)C(=O)[C@H](C)NC(=O)[C@H](Cc3ccc4cnc(C)cc4c3)NC(=O)[C@H](CC(C)C)N(C)C2=O)c2ccccc21. The number of nitrogens with zero attached hydrogens (tertiary/aromatic N) is 5. The van der Waals surface area contributed by atoms with Crippen molar-refractivity contribution in [3.05, 3.63) is 138 Å². The average Bonchev–Trinajstić information content (AvgIpc) is 3.80. The fraction of sp³-hybridized carbons (Fsp3) is 0.452. The van der Waals surface area contributed by atoms with Crippen LogP contribution in [-0.2, 0) is 58.4 Å². The smallest absolute Gasteiger partial charge is 0.246 e. The van der Waals surface area contributed by atoms with Gasteiger partial charge in [-0.2, -0.15) is 0 Å². The Morgan fingerprint density at radius 1 is 0.667 bits per heavy atom. The van der Waals surface area contributed by atoms with E-state index in [0.717, 1.165) is 44.1 Å². The predicted molar refractivity (Wildman–Crippen MR) is 305 cm³/mol. The maximum Gasteiger partial charge on any atom is 0.246 e. The number of carbonyl (C=O) groups is 7. The number of fused-ring (bicyclic) bond motifs is 4. The Kier molecular flexibility index (Phi) is 18.8. The number of carbonyl (C=O) groups excluding carboxylic acids is 7. The second-order valence-corrected chi connectivity index (χ2v) is 22.7. The Hall–Kier alpha value is -7.62.